The molecule has 1 heterocycles. The SMILES string of the molecule is CCOC(=O)CC#Cc1cccc2cc(OCOC)cc(B3OC(C)(C)C(C)(C)O3)c12. The Labute approximate surface area is 184 Å². The summed E-state index contributed by atoms with van der Waals surface area (Å²) in [5, 5.41) is 1.84. The van der Waals surface area contributed by atoms with Crippen molar-refractivity contribution in [3.05, 3.63) is 35.9 Å². The van der Waals surface area contributed by atoms with E-state index in [9.17, 15) is 4.79 Å². The summed E-state index contributed by atoms with van der Waals surface area (Å²) in [6, 6.07) is 9.66. The van der Waals surface area contributed by atoms with Crippen LogP contribution in [0.5, 0.6) is 5.75 Å². The van der Waals surface area contributed by atoms with Gasteiger partial charge >= 0.3 is 13.1 Å². The molecule has 0 atom stereocenters. The van der Waals surface area contributed by atoms with Crippen LogP contribution in [0.4, 0.5) is 0 Å². The second-order valence-corrected chi connectivity index (χ2v) is 8.34. The number of carbonyl (C=O) groups is 1. The molecule has 2 aromatic carbocycles. The van der Waals surface area contributed by atoms with Gasteiger partial charge < -0.3 is 23.5 Å². The normalized spacial score (nSPS) is 16.6. The van der Waals surface area contributed by atoms with Gasteiger partial charge in [-0.05, 0) is 69.1 Å². The van der Waals surface area contributed by atoms with Crippen LogP contribution < -0.4 is 10.2 Å². The first kappa shape index (κ1) is 23.1. The molecule has 0 aromatic heterocycles. The summed E-state index contributed by atoms with van der Waals surface area (Å²) in [6.45, 7) is 10.3. The van der Waals surface area contributed by atoms with Gasteiger partial charge in [-0.2, -0.15) is 0 Å². The molecule has 1 saturated heterocycles. The van der Waals surface area contributed by atoms with E-state index in [0.29, 0.717) is 12.4 Å². The van der Waals surface area contributed by atoms with Gasteiger partial charge in [-0.25, -0.2) is 0 Å². The molecule has 164 valence electrons. The molecule has 1 aliphatic heterocycles. The number of fused-ring (bicyclic) bond motifs is 1. The lowest BCUT2D eigenvalue weighted by atomic mass is 9.75. The summed E-state index contributed by atoms with van der Waals surface area (Å²) in [4.78, 5) is 11.7. The maximum absolute atomic E-state index is 11.7. The monoisotopic (exact) mass is 424 g/mol. The molecule has 0 radical (unpaired) electrons. The molecule has 7 heteroatoms. The molecule has 0 N–H and O–H groups in total. The van der Waals surface area contributed by atoms with Crippen molar-refractivity contribution in [2.24, 2.45) is 0 Å². The summed E-state index contributed by atoms with van der Waals surface area (Å²) in [5.41, 5.74) is 0.628. The average molecular weight is 424 g/mol. The fourth-order valence-corrected chi connectivity index (χ4v) is 3.33. The van der Waals surface area contributed by atoms with Crippen LogP contribution >= 0.6 is 0 Å². The Morgan fingerprint density at radius 1 is 1.13 bits per heavy atom. The fraction of sp³-hybridized carbons (Fsp3) is 0.458. The van der Waals surface area contributed by atoms with Crippen molar-refractivity contribution in [3.63, 3.8) is 0 Å². The molecule has 0 bridgehead atoms. The van der Waals surface area contributed by atoms with Gasteiger partial charge in [0, 0.05) is 12.7 Å². The molecular formula is C24H29BO6. The number of carbonyl (C=O) groups excluding carboxylic acids is 1. The summed E-state index contributed by atoms with van der Waals surface area (Å²) in [7, 11) is 0.986. The quantitative estimate of drug-likeness (QED) is 0.307. The third-order valence-corrected chi connectivity index (χ3v) is 5.59. The lowest BCUT2D eigenvalue weighted by Gasteiger charge is -2.32. The number of hydrogen-bond donors (Lipinski definition) is 0. The minimum absolute atomic E-state index is 0.0328. The maximum Gasteiger partial charge on any atom is 0.495 e. The Morgan fingerprint density at radius 3 is 2.48 bits per heavy atom. The van der Waals surface area contributed by atoms with Crippen molar-refractivity contribution in [1.82, 2.24) is 0 Å². The first-order chi connectivity index (χ1) is 14.7. The number of rotatable bonds is 6. The third-order valence-electron chi connectivity index (χ3n) is 5.59. The van der Waals surface area contributed by atoms with Crippen LogP contribution in [0.3, 0.4) is 0 Å². The molecule has 31 heavy (non-hydrogen) atoms. The van der Waals surface area contributed by atoms with Gasteiger partial charge in [-0.1, -0.05) is 24.0 Å². The smallest absolute Gasteiger partial charge is 0.468 e. The van der Waals surface area contributed by atoms with Gasteiger partial charge in [-0.3, -0.25) is 4.79 Å². The highest BCUT2D eigenvalue weighted by atomic mass is 16.7. The van der Waals surface area contributed by atoms with Crippen LogP contribution in [0.2, 0.25) is 0 Å². The van der Waals surface area contributed by atoms with Crippen LogP contribution in [0.1, 0.15) is 46.6 Å². The molecule has 6 nitrogen and oxygen atoms in total. The maximum atomic E-state index is 11.7. The number of hydrogen-bond acceptors (Lipinski definition) is 6. The van der Waals surface area contributed by atoms with Crippen molar-refractivity contribution >= 4 is 29.3 Å². The summed E-state index contributed by atoms with van der Waals surface area (Å²) >= 11 is 0. The molecule has 1 aliphatic rings. The van der Waals surface area contributed by atoms with E-state index in [1.54, 1.807) is 14.0 Å². The summed E-state index contributed by atoms with van der Waals surface area (Å²) in [5.74, 6) is 6.35. The van der Waals surface area contributed by atoms with Crippen LogP contribution in [0, 0.1) is 11.8 Å². The number of ether oxygens (including phenoxy) is 3. The van der Waals surface area contributed by atoms with Crippen molar-refractivity contribution in [1.29, 1.82) is 0 Å². The Balaban J connectivity index is 2.09. The van der Waals surface area contributed by atoms with E-state index < -0.39 is 18.3 Å². The number of esters is 1. The second-order valence-electron chi connectivity index (χ2n) is 8.34. The van der Waals surface area contributed by atoms with Gasteiger partial charge in [0.2, 0.25) is 0 Å². The molecule has 2 aromatic rings. The van der Waals surface area contributed by atoms with Gasteiger partial charge in [0.25, 0.3) is 0 Å². The van der Waals surface area contributed by atoms with E-state index in [4.69, 9.17) is 23.5 Å². The zero-order chi connectivity index (χ0) is 22.6. The average Bonchev–Trinajstić information content (AvgIpc) is 2.93. The van der Waals surface area contributed by atoms with Gasteiger partial charge in [0.15, 0.2) is 6.79 Å². The van der Waals surface area contributed by atoms with Crippen molar-refractivity contribution < 1.29 is 28.3 Å². The van der Waals surface area contributed by atoms with E-state index in [2.05, 4.69) is 11.8 Å². The zero-order valence-corrected chi connectivity index (χ0v) is 19.0. The molecule has 0 spiro atoms. The molecule has 0 unspecified atom stereocenters. The highest BCUT2D eigenvalue weighted by molar-refractivity contribution is 6.65. The van der Waals surface area contributed by atoms with Gasteiger partial charge in [-0.15, -0.1) is 0 Å². The predicted octanol–water partition coefficient (Wildman–Crippen LogP) is 3.43. The van der Waals surface area contributed by atoms with E-state index in [1.165, 1.54) is 0 Å². The van der Waals surface area contributed by atoms with E-state index in [-0.39, 0.29) is 19.2 Å². The third kappa shape index (κ3) is 5.04. The van der Waals surface area contributed by atoms with E-state index in [0.717, 1.165) is 21.8 Å². The molecule has 0 amide bonds. The summed E-state index contributed by atoms with van der Waals surface area (Å²) in [6.07, 6.45) is 0.0328. The largest absolute Gasteiger partial charge is 0.495 e. The summed E-state index contributed by atoms with van der Waals surface area (Å²) < 4.78 is 28.4. The van der Waals surface area contributed by atoms with Crippen LogP contribution in [0.25, 0.3) is 10.8 Å². The van der Waals surface area contributed by atoms with Crippen molar-refractivity contribution in [2.75, 3.05) is 20.5 Å². The van der Waals surface area contributed by atoms with Crippen molar-refractivity contribution in [3.8, 4) is 17.6 Å². The fourth-order valence-electron chi connectivity index (χ4n) is 3.33. The van der Waals surface area contributed by atoms with Crippen LogP contribution in [-0.2, 0) is 23.6 Å². The minimum Gasteiger partial charge on any atom is -0.468 e. The number of methoxy groups -OCH3 is 1. The van der Waals surface area contributed by atoms with E-state index in [1.807, 2.05) is 58.0 Å². The van der Waals surface area contributed by atoms with Crippen LogP contribution in [-0.4, -0.2) is 44.8 Å². The van der Waals surface area contributed by atoms with Gasteiger partial charge in [0.05, 0.1) is 17.8 Å². The lowest BCUT2D eigenvalue weighted by Crippen LogP contribution is -2.41. The van der Waals surface area contributed by atoms with Crippen LogP contribution in [0.15, 0.2) is 30.3 Å². The predicted molar refractivity (Wildman–Crippen MR) is 120 cm³/mol. The standard InChI is InChI=1S/C24H29BO6/c1-7-28-21(26)13-9-11-17-10-8-12-18-14-19(29-16-27-6)15-20(22(17)18)25-30-23(2,3)24(4,5)31-25/h8,10,12,14-15H,7,13,16H2,1-6H3. The Hall–Kier alpha value is -2.53. The molecule has 0 saturated carbocycles. The molecule has 3 rings (SSSR count). The Kier molecular flexibility index (Phi) is 6.95. The minimum atomic E-state index is -0.591. The topological polar surface area (TPSA) is 63.2 Å². The first-order valence-electron chi connectivity index (χ1n) is 10.4. The highest BCUT2D eigenvalue weighted by Gasteiger charge is 2.52. The van der Waals surface area contributed by atoms with Gasteiger partial charge in [0.1, 0.15) is 12.2 Å². The Bertz CT molecular complexity index is 1000. The highest BCUT2D eigenvalue weighted by Crippen LogP contribution is 2.37. The lowest BCUT2D eigenvalue weighted by molar-refractivity contribution is -0.141. The second kappa shape index (κ2) is 9.31. The molecule has 1 fully saturated rings. The zero-order valence-electron chi connectivity index (χ0n) is 19.0. The molecule has 0 aliphatic carbocycles. The van der Waals surface area contributed by atoms with E-state index >= 15 is 0 Å². The van der Waals surface area contributed by atoms with Crippen molar-refractivity contribution in [2.45, 2.75) is 52.2 Å². The number of benzene rings is 2. The molecular weight excluding hydrogens is 395 g/mol. The first-order valence-corrected chi connectivity index (χ1v) is 10.4. The Morgan fingerprint density at radius 2 is 1.84 bits per heavy atom.